The summed E-state index contributed by atoms with van der Waals surface area (Å²) in [4.78, 5) is 0. The van der Waals surface area contributed by atoms with Gasteiger partial charge in [-0.2, -0.15) is 5.26 Å². The van der Waals surface area contributed by atoms with Crippen LogP contribution in [0.2, 0.25) is 0 Å². The van der Waals surface area contributed by atoms with Crippen molar-refractivity contribution in [2.45, 2.75) is 32.4 Å². The number of nitrogens with two attached hydrogens (primary N) is 1. The van der Waals surface area contributed by atoms with Crippen molar-refractivity contribution in [3.63, 3.8) is 0 Å². The van der Waals surface area contributed by atoms with Crippen LogP contribution in [-0.2, 0) is 0 Å². The van der Waals surface area contributed by atoms with E-state index in [2.05, 4.69) is 11.4 Å². The number of ether oxygens (including phenoxy) is 2. The van der Waals surface area contributed by atoms with Gasteiger partial charge in [0.15, 0.2) is 0 Å². The highest BCUT2D eigenvalue weighted by Gasteiger charge is 2.09. The lowest BCUT2D eigenvalue weighted by Crippen LogP contribution is -2.35. The van der Waals surface area contributed by atoms with E-state index in [9.17, 15) is 5.11 Å². The van der Waals surface area contributed by atoms with Crippen LogP contribution >= 0.6 is 0 Å². The predicted molar refractivity (Wildman–Crippen MR) is 85.0 cm³/mol. The van der Waals surface area contributed by atoms with Crippen LogP contribution in [0, 0.1) is 11.3 Å². The van der Waals surface area contributed by atoms with Crippen LogP contribution < -0.4 is 20.5 Å². The summed E-state index contributed by atoms with van der Waals surface area (Å²) in [6, 6.07) is 7.42. The summed E-state index contributed by atoms with van der Waals surface area (Å²) in [6.07, 6.45) is 0.131. The summed E-state index contributed by atoms with van der Waals surface area (Å²) in [5, 5.41) is 22.1. The average molecular weight is 307 g/mol. The fraction of sp³-hybridized carbons (Fsp3) is 0.562. The minimum atomic E-state index is -0.603. The van der Waals surface area contributed by atoms with Crippen molar-refractivity contribution in [2.24, 2.45) is 5.73 Å². The molecule has 6 nitrogen and oxygen atoms in total. The van der Waals surface area contributed by atoms with Crippen LogP contribution in [0.4, 0.5) is 0 Å². The number of benzene rings is 1. The molecule has 22 heavy (non-hydrogen) atoms. The molecule has 0 aliphatic rings. The topological polar surface area (TPSA) is 101 Å². The van der Waals surface area contributed by atoms with E-state index in [1.807, 2.05) is 13.8 Å². The van der Waals surface area contributed by atoms with Gasteiger partial charge in [0.1, 0.15) is 30.3 Å². The molecule has 0 radical (unpaired) electrons. The molecule has 1 rings (SSSR count). The van der Waals surface area contributed by atoms with E-state index in [4.69, 9.17) is 20.5 Å². The molecule has 0 unspecified atom stereocenters. The summed E-state index contributed by atoms with van der Waals surface area (Å²) >= 11 is 0. The molecular weight excluding hydrogens is 282 g/mol. The van der Waals surface area contributed by atoms with Gasteiger partial charge in [0, 0.05) is 18.7 Å². The van der Waals surface area contributed by atoms with Gasteiger partial charge in [-0.25, -0.2) is 0 Å². The molecule has 0 saturated carbocycles. The van der Waals surface area contributed by atoms with Gasteiger partial charge in [-0.05, 0) is 25.1 Å². The van der Waals surface area contributed by atoms with Crippen LogP contribution in [0.15, 0.2) is 18.2 Å². The van der Waals surface area contributed by atoms with Crippen molar-refractivity contribution in [1.29, 1.82) is 5.26 Å². The Labute approximate surface area is 131 Å². The maximum atomic E-state index is 9.79. The normalized spacial score (nSPS) is 12.0. The summed E-state index contributed by atoms with van der Waals surface area (Å²) in [7, 11) is 0. The van der Waals surface area contributed by atoms with E-state index >= 15 is 0 Å². The standard InChI is InChI=1S/C16H25N3O3/c1-12(2)19-10-14(20)11-22-15-4-5-16(13(8-15)9-18)21-7-3-6-17/h4-5,8,12,14,19-20H,3,6-7,10-11,17H2,1-2H3/t14-/m0/s1. The van der Waals surface area contributed by atoms with E-state index in [-0.39, 0.29) is 6.61 Å². The van der Waals surface area contributed by atoms with Gasteiger partial charge in [0.05, 0.1) is 12.2 Å². The smallest absolute Gasteiger partial charge is 0.137 e. The average Bonchev–Trinajstić information content (AvgIpc) is 2.51. The van der Waals surface area contributed by atoms with Crippen molar-refractivity contribution in [1.82, 2.24) is 5.32 Å². The van der Waals surface area contributed by atoms with Crippen LogP contribution in [0.25, 0.3) is 0 Å². The second kappa shape index (κ2) is 10.0. The Hall–Kier alpha value is -1.81. The van der Waals surface area contributed by atoms with Crippen LogP contribution in [0.5, 0.6) is 11.5 Å². The molecule has 4 N–H and O–H groups in total. The number of aliphatic hydroxyl groups is 1. The third kappa shape index (κ3) is 6.76. The number of nitriles is 1. The van der Waals surface area contributed by atoms with Crippen molar-refractivity contribution in [2.75, 3.05) is 26.3 Å². The SMILES string of the molecule is CC(C)NC[C@H](O)COc1ccc(OCCCN)c(C#N)c1. The maximum Gasteiger partial charge on any atom is 0.137 e. The first-order valence-electron chi connectivity index (χ1n) is 7.48. The first kappa shape index (κ1) is 18.2. The highest BCUT2D eigenvalue weighted by molar-refractivity contribution is 5.47. The van der Waals surface area contributed by atoms with Crippen LogP contribution in [0.3, 0.4) is 0 Å². The number of nitrogens with zero attached hydrogens (tertiary/aromatic N) is 1. The van der Waals surface area contributed by atoms with E-state index in [0.29, 0.717) is 42.8 Å². The third-order valence-corrected chi connectivity index (χ3v) is 2.88. The zero-order chi connectivity index (χ0) is 16.4. The molecule has 0 amide bonds. The van der Waals surface area contributed by atoms with Gasteiger partial charge >= 0.3 is 0 Å². The minimum Gasteiger partial charge on any atom is -0.492 e. The highest BCUT2D eigenvalue weighted by atomic mass is 16.5. The monoisotopic (exact) mass is 307 g/mol. The van der Waals surface area contributed by atoms with Crippen molar-refractivity contribution >= 4 is 0 Å². The molecule has 0 aliphatic carbocycles. The number of aliphatic hydroxyl groups excluding tert-OH is 1. The fourth-order valence-corrected chi connectivity index (χ4v) is 1.70. The highest BCUT2D eigenvalue weighted by Crippen LogP contribution is 2.23. The van der Waals surface area contributed by atoms with Gasteiger partial charge < -0.3 is 25.6 Å². The lowest BCUT2D eigenvalue weighted by molar-refractivity contribution is 0.104. The second-order valence-electron chi connectivity index (χ2n) is 5.29. The van der Waals surface area contributed by atoms with Gasteiger partial charge in [-0.15, -0.1) is 0 Å². The minimum absolute atomic E-state index is 0.165. The largest absolute Gasteiger partial charge is 0.492 e. The fourth-order valence-electron chi connectivity index (χ4n) is 1.70. The molecule has 0 spiro atoms. The quantitative estimate of drug-likeness (QED) is 0.558. The molecule has 6 heteroatoms. The zero-order valence-electron chi connectivity index (χ0n) is 13.2. The van der Waals surface area contributed by atoms with E-state index in [1.54, 1.807) is 18.2 Å². The van der Waals surface area contributed by atoms with Crippen LogP contribution in [-0.4, -0.2) is 43.6 Å². The lowest BCUT2D eigenvalue weighted by atomic mass is 10.2. The van der Waals surface area contributed by atoms with E-state index in [1.165, 1.54) is 0 Å². The molecule has 1 atom stereocenters. The number of hydrogen-bond donors (Lipinski definition) is 3. The molecule has 0 fully saturated rings. The summed E-state index contributed by atoms with van der Waals surface area (Å²) in [6.45, 7) is 5.67. The Balaban J connectivity index is 2.53. The Morgan fingerprint density at radius 3 is 2.77 bits per heavy atom. The second-order valence-corrected chi connectivity index (χ2v) is 5.29. The summed E-state index contributed by atoms with van der Waals surface area (Å²) < 4.78 is 11.0. The molecule has 0 aliphatic heterocycles. The summed E-state index contributed by atoms with van der Waals surface area (Å²) in [5.41, 5.74) is 5.81. The Bertz CT molecular complexity index is 486. The maximum absolute atomic E-state index is 9.79. The molecule has 122 valence electrons. The molecule has 0 aromatic heterocycles. The molecule has 1 aromatic carbocycles. The summed E-state index contributed by atoms with van der Waals surface area (Å²) in [5.74, 6) is 1.05. The van der Waals surface area contributed by atoms with E-state index < -0.39 is 6.10 Å². The van der Waals surface area contributed by atoms with E-state index in [0.717, 1.165) is 6.42 Å². The van der Waals surface area contributed by atoms with Gasteiger partial charge in [-0.3, -0.25) is 0 Å². The predicted octanol–water partition coefficient (Wildman–Crippen LogP) is 1.02. The molecule has 0 heterocycles. The first-order valence-corrected chi connectivity index (χ1v) is 7.48. The van der Waals surface area contributed by atoms with Gasteiger partial charge in [-0.1, -0.05) is 13.8 Å². The van der Waals surface area contributed by atoms with Crippen molar-refractivity contribution in [3.8, 4) is 17.6 Å². The number of hydrogen-bond acceptors (Lipinski definition) is 6. The van der Waals surface area contributed by atoms with Crippen molar-refractivity contribution in [3.05, 3.63) is 23.8 Å². The van der Waals surface area contributed by atoms with Crippen molar-refractivity contribution < 1.29 is 14.6 Å². The Morgan fingerprint density at radius 1 is 1.36 bits per heavy atom. The van der Waals surface area contributed by atoms with Gasteiger partial charge in [0.25, 0.3) is 0 Å². The number of nitrogens with one attached hydrogen (secondary N) is 1. The third-order valence-electron chi connectivity index (χ3n) is 2.88. The Kier molecular flexibility index (Phi) is 8.30. The van der Waals surface area contributed by atoms with Crippen LogP contribution in [0.1, 0.15) is 25.8 Å². The first-order chi connectivity index (χ1) is 10.6. The molecule has 0 saturated heterocycles. The molecular formula is C16H25N3O3. The lowest BCUT2D eigenvalue weighted by Gasteiger charge is -2.15. The molecule has 1 aromatic rings. The Morgan fingerprint density at radius 2 is 2.14 bits per heavy atom. The molecule has 0 bridgehead atoms. The zero-order valence-corrected chi connectivity index (χ0v) is 13.2. The van der Waals surface area contributed by atoms with Gasteiger partial charge in [0.2, 0.25) is 0 Å². The number of rotatable bonds is 10.